The van der Waals surface area contributed by atoms with E-state index in [0.717, 1.165) is 0 Å². The summed E-state index contributed by atoms with van der Waals surface area (Å²) in [4.78, 5) is 23.5. The van der Waals surface area contributed by atoms with Crippen molar-refractivity contribution in [3.05, 3.63) is 96.3 Å². The third kappa shape index (κ3) is 4.58. The van der Waals surface area contributed by atoms with Gasteiger partial charge in [-0.1, -0.05) is 60.7 Å². The van der Waals surface area contributed by atoms with Crippen molar-refractivity contribution in [1.82, 2.24) is 5.32 Å². The molecule has 0 fully saturated rings. The number of rotatable bonds is 6. The molecule has 0 spiro atoms. The van der Waals surface area contributed by atoms with Crippen molar-refractivity contribution in [3.63, 3.8) is 0 Å². The lowest BCUT2D eigenvalue weighted by Crippen LogP contribution is -2.00. The summed E-state index contributed by atoms with van der Waals surface area (Å²) in [5.41, 5.74) is 1.25. The first-order valence-electron chi connectivity index (χ1n) is 6.55. The SMILES string of the molecule is O=C(C=CNC=CC(=O)c1ccccc1)c1ccccc1. The Morgan fingerprint density at radius 2 is 1.05 bits per heavy atom. The van der Waals surface area contributed by atoms with Crippen LogP contribution in [0.4, 0.5) is 0 Å². The van der Waals surface area contributed by atoms with Crippen molar-refractivity contribution in [1.29, 1.82) is 0 Å². The lowest BCUT2D eigenvalue weighted by atomic mass is 10.1. The number of nitrogens with one attached hydrogen (secondary N) is 1. The van der Waals surface area contributed by atoms with Crippen LogP contribution in [0.3, 0.4) is 0 Å². The monoisotopic (exact) mass is 277 g/mol. The van der Waals surface area contributed by atoms with Crippen molar-refractivity contribution in [2.45, 2.75) is 0 Å². The van der Waals surface area contributed by atoms with Gasteiger partial charge in [0.1, 0.15) is 0 Å². The number of benzene rings is 2. The van der Waals surface area contributed by atoms with Crippen molar-refractivity contribution in [2.75, 3.05) is 0 Å². The van der Waals surface area contributed by atoms with Gasteiger partial charge in [0.05, 0.1) is 0 Å². The van der Waals surface area contributed by atoms with Gasteiger partial charge in [-0.05, 0) is 0 Å². The molecule has 0 saturated carbocycles. The first-order chi connectivity index (χ1) is 10.3. The standard InChI is InChI=1S/C18H15NO2/c20-17(15-7-3-1-4-8-15)11-13-19-14-12-18(21)16-9-5-2-6-10-16/h1-14,19H. The van der Waals surface area contributed by atoms with E-state index in [1.165, 1.54) is 24.6 Å². The van der Waals surface area contributed by atoms with E-state index in [1.807, 2.05) is 36.4 Å². The zero-order valence-electron chi connectivity index (χ0n) is 11.4. The van der Waals surface area contributed by atoms with Crippen molar-refractivity contribution in [3.8, 4) is 0 Å². The maximum absolute atomic E-state index is 11.7. The number of allylic oxidation sites excluding steroid dienone is 2. The van der Waals surface area contributed by atoms with Gasteiger partial charge in [-0.2, -0.15) is 0 Å². The highest BCUT2D eigenvalue weighted by Gasteiger charge is 1.99. The van der Waals surface area contributed by atoms with Crippen LogP contribution in [0.2, 0.25) is 0 Å². The minimum atomic E-state index is -0.0918. The Kier molecular flexibility index (Phi) is 5.24. The summed E-state index contributed by atoms with van der Waals surface area (Å²) >= 11 is 0. The van der Waals surface area contributed by atoms with E-state index in [0.29, 0.717) is 11.1 Å². The molecule has 0 radical (unpaired) electrons. The van der Waals surface area contributed by atoms with Crippen LogP contribution in [0.15, 0.2) is 85.2 Å². The summed E-state index contributed by atoms with van der Waals surface area (Å²) in [5.74, 6) is -0.184. The molecule has 21 heavy (non-hydrogen) atoms. The zero-order valence-corrected chi connectivity index (χ0v) is 11.4. The molecule has 2 aromatic carbocycles. The van der Waals surface area contributed by atoms with Crippen LogP contribution in [-0.2, 0) is 0 Å². The summed E-state index contributed by atoms with van der Waals surface area (Å²) in [6.45, 7) is 0. The molecule has 0 atom stereocenters. The molecular weight excluding hydrogens is 262 g/mol. The van der Waals surface area contributed by atoms with E-state index >= 15 is 0 Å². The smallest absolute Gasteiger partial charge is 0.187 e. The van der Waals surface area contributed by atoms with E-state index in [9.17, 15) is 9.59 Å². The average Bonchev–Trinajstić information content (AvgIpc) is 2.55. The number of carbonyl (C=O) groups is 2. The van der Waals surface area contributed by atoms with Crippen LogP contribution in [0, 0.1) is 0 Å². The molecule has 0 aliphatic carbocycles. The Morgan fingerprint density at radius 3 is 1.43 bits per heavy atom. The Labute approximate surface area is 123 Å². The molecule has 0 heterocycles. The predicted octanol–water partition coefficient (Wildman–Crippen LogP) is 3.37. The molecule has 0 saturated heterocycles. The van der Waals surface area contributed by atoms with Gasteiger partial charge in [0, 0.05) is 35.7 Å². The van der Waals surface area contributed by atoms with Gasteiger partial charge in [0.15, 0.2) is 11.6 Å². The Morgan fingerprint density at radius 1 is 0.667 bits per heavy atom. The highest BCUT2D eigenvalue weighted by molar-refractivity contribution is 6.05. The highest BCUT2D eigenvalue weighted by atomic mass is 16.1. The lowest BCUT2D eigenvalue weighted by molar-refractivity contribution is 0.103. The molecule has 0 aliphatic rings. The van der Waals surface area contributed by atoms with Gasteiger partial charge in [-0.25, -0.2) is 0 Å². The second kappa shape index (κ2) is 7.60. The fourth-order valence-electron chi connectivity index (χ4n) is 1.70. The topological polar surface area (TPSA) is 46.2 Å². The maximum Gasteiger partial charge on any atom is 0.187 e. The number of hydrogen-bond acceptors (Lipinski definition) is 3. The first-order valence-corrected chi connectivity index (χ1v) is 6.55. The second-order valence-corrected chi connectivity index (χ2v) is 4.29. The Balaban J connectivity index is 1.84. The van der Waals surface area contributed by atoms with Crippen molar-refractivity contribution >= 4 is 11.6 Å². The molecule has 0 amide bonds. The van der Waals surface area contributed by atoms with Crippen molar-refractivity contribution < 1.29 is 9.59 Å². The predicted molar refractivity (Wildman–Crippen MR) is 83.0 cm³/mol. The van der Waals surface area contributed by atoms with Crippen molar-refractivity contribution in [2.24, 2.45) is 0 Å². The summed E-state index contributed by atoms with van der Waals surface area (Å²) in [5, 5.41) is 2.78. The molecule has 104 valence electrons. The molecule has 0 unspecified atom stereocenters. The van der Waals surface area contributed by atoms with Crippen LogP contribution in [0.1, 0.15) is 20.7 Å². The summed E-state index contributed by atoms with van der Waals surface area (Å²) in [7, 11) is 0. The Bertz CT molecular complexity index is 599. The maximum atomic E-state index is 11.7. The largest absolute Gasteiger partial charge is 0.367 e. The average molecular weight is 277 g/mol. The van der Waals surface area contributed by atoms with E-state index in [2.05, 4.69) is 5.32 Å². The fraction of sp³-hybridized carbons (Fsp3) is 0. The molecule has 3 nitrogen and oxygen atoms in total. The van der Waals surface area contributed by atoms with Gasteiger partial charge in [-0.3, -0.25) is 9.59 Å². The molecule has 1 N–H and O–H groups in total. The molecular formula is C18H15NO2. The van der Waals surface area contributed by atoms with Gasteiger partial charge in [-0.15, -0.1) is 0 Å². The minimum absolute atomic E-state index is 0.0918. The summed E-state index contributed by atoms with van der Waals surface area (Å²) in [6, 6.07) is 18.0. The van der Waals surface area contributed by atoms with Crippen LogP contribution >= 0.6 is 0 Å². The highest BCUT2D eigenvalue weighted by Crippen LogP contribution is 2.01. The number of carbonyl (C=O) groups excluding carboxylic acids is 2. The second-order valence-electron chi connectivity index (χ2n) is 4.29. The van der Waals surface area contributed by atoms with E-state index in [1.54, 1.807) is 24.3 Å². The lowest BCUT2D eigenvalue weighted by Gasteiger charge is -1.95. The molecule has 2 aromatic rings. The third-order valence-corrected chi connectivity index (χ3v) is 2.78. The quantitative estimate of drug-likeness (QED) is 0.650. The molecule has 0 aliphatic heterocycles. The van der Waals surface area contributed by atoms with Crippen LogP contribution in [0.5, 0.6) is 0 Å². The van der Waals surface area contributed by atoms with E-state index in [4.69, 9.17) is 0 Å². The summed E-state index contributed by atoms with van der Waals surface area (Å²) in [6.07, 6.45) is 5.85. The van der Waals surface area contributed by atoms with E-state index in [-0.39, 0.29) is 11.6 Å². The van der Waals surface area contributed by atoms with Crippen LogP contribution in [-0.4, -0.2) is 11.6 Å². The minimum Gasteiger partial charge on any atom is -0.367 e. The van der Waals surface area contributed by atoms with Gasteiger partial charge in [0.2, 0.25) is 0 Å². The van der Waals surface area contributed by atoms with Gasteiger partial charge < -0.3 is 5.32 Å². The fourth-order valence-corrected chi connectivity index (χ4v) is 1.70. The van der Waals surface area contributed by atoms with Crippen LogP contribution < -0.4 is 5.32 Å². The number of hydrogen-bond donors (Lipinski definition) is 1. The normalized spacial score (nSPS) is 10.9. The molecule has 2 rings (SSSR count). The molecule has 3 heteroatoms. The van der Waals surface area contributed by atoms with E-state index < -0.39 is 0 Å². The van der Waals surface area contributed by atoms with Gasteiger partial charge >= 0.3 is 0 Å². The number of ketones is 2. The summed E-state index contributed by atoms with van der Waals surface area (Å²) < 4.78 is 0. The Hall–Kier alpha value is -2.94. The van der Waals surface area contributed by atoms with Crippen LogP contribution in [0.25, 0.3) is 0 Å². The zero-order chi connectivity index (χ0) is 14.9. The third-order valence-electron chi connectivity index (χ3n) is 2.78. The first kappa shape index (κ1) is 14.5. The molecule has 0 aromatic heterocycles. The van der Waals surface area contributed by atoms with Gasteiger partial charge in [0.25, 0.3) is 0 Å². The molecule has 0 bridgehead atoms.